The zero-order chi connectivity index (χ0) is 13.9. The Labute approximate surface area is 113 Å². The molecule has 0 amide bonds. The van der Waals surface area contributed by atoms with Crippen molar-refractivity contribution in [3.63, 3.8) is 0 Å². The second-order valence-electron chi connectivity index (χ2n) is 4.68. The van der Waals surface area contributed by atoms with Gasteiger partial charge in [0.2, 0.25) is 0 Å². The Bertz CT molecular complexity index is 483. The summed E-state index contributed by atoms with van der Waals surface area (Å²) in [6.07, 6.45) is 0. The third kappa shape index (κ3) is 3.27. The molecule has 0 spiro atoms. The maximum absolute atomic E-state index is 13.5. The Balaban J connectivity index is 2.51. The van der Waals surface area contributed by atoms with Crippen LogP contribution >= 0.6 is 0 Å². The topological polar surface area (TPSA) is 9.23 Å². The molecule has 0 aliphatic rings. The van der Waals surface area contributed by atoms with Gasteiger partial charge >= 0.3 is 8.99 Å². The number of hydrogen-bond donors (Lipinski definition) is 0. The van der Waals surface area contributed by atoms with Crippen molar-refractivity contribution in [2.45, 2.75) is 19.1 Å². The first-order valence-electron chi connectivity index (χ1n) is 6.11. The van der Waals surface area contributed by atoms with Crippen molar-refractivity contribution in [1.82, 2.24) is 0 Å². The minimum atomic E-state index is -4.66. The quantitative estimate of drug-likeness (QED) is 0.592. The van der Waals surface area contributed by atoms with E-state index in [0.29, 0.717) is 0 Å². The molecule has 0 N–H and O–H groups in total. The van der Waals surface area contributed by atoms with Gasteiger partial charge in [0, 0.05) is 6.55 Å². The third-order valence-corrected chi connectivity index (χ3v) is 3.80. The van der Waals surface area contributed by atoms with Crippen molar-refractivity contribution in [1.29, 1.82) is 0 Å². The fraction of sp³-hybridized carbons (Fsp3) is 0.200. The summed E-state index contributed by atoms with van der Waals surface area (Å²) in [5.74, 6) is 0. The van der Waals surface area contributed by atoms with E-state index < -0.39 is 14.6 Å². The van der Waals surface area contributed by atoms with Gasteiger partial charge in [-0.05, 0) is 18.1 Å². The minimum Gasteiger partial charge on any atom is -0.354 e. The highest BCUT2D eigenvalue weighted by Gasteiger charge is 2.42. The van der Waals surface area contributed by atoms with Gasteiger partial charge in [-0.25, -0.2) is 8.22 Å². The summed E-state index contributed by atoms with van der Waals surface area (Å²) in [6.45, 7) is 2.60. The Hall–Kier alpha value is -1.52. The summed E-state index contributed by atoms with van der Waals surface area (Å²) < 4.78 is 32.2. The van der Waals surface area contributed by atoms with Gasteiger partial charge in [-0.3, -0.25) is 0 Å². The molecule has 0 bridgehead atoms. The van der Waals surface area contributed by atoms with Gasteiger partial charge in [0.15, 0.2) is 0 Å². The number of halogens is 2. The summed E-state index contributed by atoms with van der Waals surface area (Å²) in [5, 5.41) is 0. The van der Waals surface area contributed by atoms with Crippen molar-refractivity contribution < 1.29 is 12.6 Å². The molecule has 0 unspecified atom stereocenters. The molecular formula is C15H16F2OSi. The highest BCUT2D eigenvalue weighted by atomic mass is 28.4. The fourth-order valence-corrected chi connectivity index (χ4v) is 3.11. The van der Waals surface area contributed by atoms with Crippen LogP contribution in [0.3, 0.4) is 0 Å². The number of hydrogen-bond acceptors (Lipinski definition) is 1. The van der Waals surface area contributed by atoms with E-state index in [4.69, 9.17) is 4.43 Å². The normalized spacial score (nSPS) is 12.4. The van der Waals surface area contributed by atoms with E-state index in [1.807, 2.05) is 60.7 Å². The zero-order valence-electron chi connectivity index (χ0n) is 10.9. The molecule has 100 valence electrons. The molecule has 0 aliphatic heterocycles. The van der Waals surface area contributed by atoms with Crippen LogP contribution in [0.25, 0.3) is 0 Å². The Morgan fingerprint density at radius 2 is 1.21 bits per heavy atom. The largest absolute Gasteiger partial charge is 0.575 e. The molecule has 0 saturated heterocycles. The molecule has 0 aliphatic carbocycles. The monoisotopic (exact) mass is 278 g/mol. The van der Waals surface area contributed by atoms with E-state index in [1.165, 1.54) is 0 Å². The Morgan fingerprint density at radius 1 is 0.842 bits per heavy atom. The molecule has 19 heavy (non-hydrogen) atoms. The average Bonchev–Trinajstić information content (AvgIpc) is 2.39. The molecule has 4 heteroatoms. The standard InChI is InChI=1S/C15H16F2OSi/c1-15(18-19(2,16)17,13-9-5-3-6-10-13)14-11-7-4-8-12-14/h3-12H,1-2H3. The second kappa shape index (κ2) is 5.23. The fourth-order valence-electron chi connectivity index (χ4n) is 2.16. The summed E-state index contributed by atoms with van der Waals surface area (Å²) in [5.41, 5.74) is 0.345. The molecule has 0 aromatic heterocycles. The molecule has 0 saturated carbocycles. The van der Waals surface area contributed by atoms with Crippen molar-refractivity contribution in [2.75, 3.05) is 0 Å². The summed E-state index contributed by atoms with van der Waals surface area (Å²) in [7, 11) is -4.66. The third-order valence-electron chi connectivity index (χ3n) is 3.03. The molecule has 0 heterocycles. The van der Waals surface area contributed by atoms with Gasteiger partial charge in [-0.2, -0.15) is 0 Å². The maximum atomic E-state index is 13.5. The smallest absolute Gasteiger partial charge is 0.354 e. The first kappa shape index (κ1) is 13.9. The van der Waals surface area contributed by atoms with Gasteiger partial charge in [0.25, 0.3) is 0 Å². The van der Waals surface area contributed by atoms with E-state index >= 15 is 0 Å². The first-order chi connectivity index (χ1) is 8.92. The van der Waals surface area contributed by atoms with Gasteiger partial charge in [-0.15, -0.1) is 0 Å². The molecule has 0 atom stereocenters. The highest BCUT2D eigenvalue weighted by Crippen LogP contribution is 2.36. The summed E-state index contributed by atoms with van der Waals surface area (Å²) in [6, 6.07) is 18.3. The molecule has 2 aromatic rings. The number of benzene rings is 2. The van der Waals surface area contributed by atoms with Crippen molar-refractivity contribution in [3.8, 4) is 0 Å². The van der Waals surface area contributed by atoms with Gasteiger partial charge in [0.1, 0.15) is 5.60 Å². The SMILES string of the molecule is CC(O[Si](C)(F)F)(c1ccccc1)c1ccccc1. The van der Waals surface area contributed by atoms with E-state index in [0.717, 1.165) is 17.7 Å². The van der Waals surface area contributed by atoms with E-state index in [-0.39, 0.29) is 0 Å². The van der Waals surface area contributed by atoms with Crippen LogP contribution in [0.1, 0.15) is 18.1 Å². The average molecular weight is 278 g/mol. The Morgan fingerprint density at radius 3 is 1.53 bits per heavy atom. The minimum absolute atomic E-state index is 0.732. The predicted octanol–water partition coefficient (Wildman–Crippen LogP) is 4.47. The van der Waals surface area contributed by atoms with E-state index in [9.17, 15) is 8.22 Å². The zero-order valence-corrected chi connectivity index (χ0v) is 11.9. The van der Waals surface area contributed by atoms with Crippen molar-refractivity contribution in [3.05, 3.63) is 71.8 Å². The highest BCUT2D eigenvalue weighted by molar-refractivity contribution is 6.57. The first-order valence-corrected chi connectivity index (χ1v) is 8.27. The second-order valence-corrected chi connectivity index (χ2v) is 6.49. The number of rotatable bonds is 4. The van der Waals surface area contributed by atoms with Crippen LogP contribution < -0.4 is 0 Å². The van der Waals surface area contributed by atoms with Crippen LogP contribution in [0.4, 0.5) is 8.22 Å². The molecule has 0 radical (unpaired) electrons. The molecular weight excluding hydrogens is 262 g/mol. The van der Waals surface area contributed by atoms with Crippen LogP contribution in [0, 0.1) is 0 Å². The van der Waals surface area contributed by atoms with E-state index in [2.05, 4.69) is 0 Å². The van der Waals surface area contributed by atoms with Crippen LogP contribution in [-0.4, -0.2) is 8.99 Å². The van der Waals surface area contributed by atoms with Crippen LogP contribution in [0.5, 0.6) is 0 Å². The Kier molecular flexibility index (Phi) is 3.82. The summed E-state index contributed by atoms with van der Waals surface area (Å²) in [4.78, 5) is 0. The van der Waals surface area contributed by atoms with Gasteiger partial charge in [-0.1, -0.05) is 60.7 Å². The van der Waals surface area contributed by atoms with Crippen LogP contribution in [0.15, 0.2) is 60.7 Å². The molecule has 2 rings (SSSR count). The lowest BCUT2D eigenvalue weighted by molar-refractivity contribution is 0.0812. The molecule has 0 fully saturated rings. The molecule has 2 aromatic carbocycles. The molecule has 1 nitrogen and oxygen atoms in total. The van der Waals surface area contributed by atoms with Crippen molar-refractivity contribution in [2.24, 2.45) is 0 Å². The van der Waals surface area contributed by atoms with Crippen LogP contribution in [-0.2, 0) is 10.0 Å². The van der Waals surface area contributed by atoms with Gasteiger partial charge in [0.05, 0.1) is 0 Å². The lowest BCUT2D eigenvalue weighted by Crippen LogP contribution is -2.38. The van der Waals surface area contributed by atoms with Crippen LogP contribution in [0.2, 0.25) is 6.55 Å². The summed E-state index contributed by atoms with van der Waals surface area (Å²) >= 11 is 0. The van der Waals surface area contributed by atoms with Crippen molar-refractivity contribution >= 4 is 8.99 Å². The van der Waals surface area contributed by atoms with Gasteiger partial charge < -0.3 is 4.43 Å². The van der Waals surface area contributed by atoms with E-state index in [1.54, 1.807) is 6.92 Å². The predicted molar refractivity (Wildman–Crippen MR) is 74.3 cm³/mol. The maximum Gasteiger partial charge on any atom is 0.575 e. The lowest BCUT2D eigenvalue weighted by atomic mass is 9.88. The lowest BCUT2D eigenvalue weighted by Gasteiger charge is -2.33.